The van der Waals surface area contributed by atoms with E-state index in [1.165, 1.54) is 0 Å². The lowest BCUT2D eigenvalue weighted by molar-refractivity contribution is -0.139. The Morgan fingerprint density at radius 2 is 2.08 bits per heavy atom. The summed E-state index contributed by atoms with van der Waals surface area (Å²) in [5.74, 6) is 0.402. The summed E-state index contributed by atoms with van der Waals surface area (Å²) in [6.45, 7) is 9.24. The number of carbonyl (C=O) groups excluding carboxylic acids is 2. The average Bonchev–Trinajstić information content (AvgIpc) is 3.21. The monoisotopic (exact) mass is 346 g/mol. The molecule has 0 unspecified atom stereocenters. The molecule has 0 bridgehead atoms. The van der Waals surface area contributed by atoms with Gasteiger partial charge in [0.15, 0.2) is 5.72 Å². The third kappa shape index (κ3) is 2.05. The molecule has 0 saturated carbocycles. The Kier molecular flexibility index (Phi) is 3.51. The highest BCUT2D eigenvalue weighted by Crippen LogP contribution is 2.49. The fourth-order valence-corrected chi connectivity index (χ4v) is 4.81. The highest BCUT2D eigenvalue weighted by atomic mass is 16.5. The van der Waals surface area contributed by atoms with Crippen LogP contribution in [-0.2, 0) is 16.6 Å². The molecule has 136 valence electrons. The highest BCUT2D eigenvalue weighted by Gasteiger charge is 2.65. The van der Waals surface area contributed by atoms with Crippen LogP contribution in [-0.4, -0.2) is 62.4 Å². The molecule has 0 radical (unpaired) electrons. The van der Waals surface area contributed by atoms with Crippen LogP contribution in [0.5, 0.6) is 0 Å². The lowest BCUT2D eigenvalue weighted by Gasteiger charge is -2.34. The predicted octanol–water partition coefficient (Wildman–Crippen LogP) is 1.23. The van der Waals surface area contributed by atoms with Gasteiger partial charge >= 0.3 is 0 Å². The molecule has 1 spiro atoms. The number of hydrogen-bond acceptors (Lipinski definition) is 4. The highest BCUT2D eigenvalue weighted by molar-refractivity contribution is 5.96. The standard InChI is InChI=1S/C18H26N4O3/c1-10(2)13-9-25-18-6-7-21(14(18)8-15(23)22(13)18)17(24)16-11(3)12(4)19-20(16)5/h10,13-14H,6-9H2,1-5H3/t13-,14+,18-/m0/s1. The zero-order valence-corrected chi connectivity index (χ0v) is 15.6. The van der Waals surface area contributed by atoms with Crippen molar-refractivity contribution >= 4 is 11.8 Å². The van der Waals surface area contributed by atoms with Crippen LogP contribution >= 0.6 is 0 Å². The van der Waals surface area contributed by atoms with Gasteiger partial charge in [-0.2, -0.15) is 5.10 Å². The van der Waals surface area contributed by atoms with Gasteiger partial charge in [-0.15, -0.1) is 0 Å². The quantitative estimate of drug-likeness (QED) is 0.808. The fourth-order valence-electron chi connectivity index (χ4n) is 4.81. The first-order valence-electron chi connectivity index (χ1n) is 9.05. The van der Waals surface area contributed by atoms with Crippen LogP contribution < -0.4 is 0 Å². The number of nitrogens with zero attached hydrogens (tertiary/aromatic N) is 4. The van der Waals surface area contributed by atoms with Gasteiger partial charge in [0.2, 0.25) is 5.91 Å². The number of rotatable bonds is 2. The van der Waals surface area contributed by atoms with E-state index in [1.54, 1.807) is 11.7 Å². The maximum Gasteiger partial charge on any atom is 0.272 e. The molecule has 3 aliphatic heterocycles. The molecule has 25 heavy (non-hydrogen) atoms. The summed E-state index contributed by atoms with van der Waals surface area (Å²) >= 11 is 0. The van der Waals surface area contributed by atoms with Crippen molar-refractivity contribution in [2.75, 3.05) is 13.2 Å². The number of aryl methyl sites for hydroxylation is 2. The summed E-state index contributed by atoms with van der Waals surface area (Å²) < 4.78 is 7.86. The van der Waals surface area contributed by atoms with E-state index in [2.05, 4.69) is 18.9 Å². The van der Waals surface area contributed by atoms with Gasteiger partial charge in [0.05, 0.1) is 30.8 Å². The molecule has 4 heterocycles. The third-order valence-electron chi connectivity index (χ3n) is 6.24. The van der Waals surface area contributed by atoms with Crippen molar-refractivity contribution in [3.8, 4) is 0 Å². The molecule has 4 rings (SSSR count). The molecule has 1 aromatic rings. The van der Waals surface area contributed by atoms with Crippen LogP contribution in [0.25, 0.3) is 0 Å². The van der Waals surface area contributed by atoms with E-state index in [-0.39, 0.29) is 23.9 Å². The number of ether oxygens (including phenoxy) is 1. The van der Waals surface area contributed by atoms with Crippen LogP contribution in [0.4, 0.5) is 0 Å². The fraction of sp³-hybridized carbons (Fsp3) is 0.722. The minimum absolute atomic E-state index is 0.0475. The topological polar surface area (TPSA) is 67.7 Å². The van der Waals surface area contributed by atoms with Gasteiger partial charge in [0.25, 0.3) is 5.91 Å². The predicted molar refractivity (Wildman–Crippen MR) is 90.9 cm³/mol. The summed E-state index contributed by atoms with van der Waals surface area (Å²) in [6, 6.07) is -0.0981. The van der Waals surface area contributed by atoms with Crippen molar-refractivity contribution in [1.82, 2.24) is 19.6 Å². The Morgan fingerprint density at radius 3 is 2.68 bits per heavy atom. The Bertz CT molecular complexity index is 756. The first-order chi connectivity index (χ1) is 11.8. The van der Waals surface area contributed by atoms with Crippen LogP contribution in [0.3, 0.4) is 0 Å². The normalized spacial score (nSPS) is 31.2. The second kappa shape index (κ2) is 5.30. The largest absolute Gasteiger partial charge is 0.351 e. The smallest absolute Gasteiger partial charge is 0.272 e. The maximum absolute atomic E-state index is 13.2. The van der Waals surface area contributed by atoms with Gasteiger partial charge in [0, 0.05) is 25.6 Å². The third-order valence-corrected chi connectivity index (χ3v) is 6.24. The van der Waals surface area contributed by atoms with Crippen molar-refractivity contribution in [3.63, 3.8) is 0 Å². The van der Waals surface area contributed by atoms with E-state index in [1.807, 2.05) is 23.6 Å². The van der Waals surface area contributed by atoms with E-state index < -0.39 is 5.72 Å². The molecule has 1 aromatic heterocycles. The molecule has 2 amide bonds. The molecule has 3 atom stereocenters. The molecule has 0 N–H and O–H groups in total. The minimum Gasteiger partial charge on any atom is -0.351 e. The summed E-state index contributed by atoms with van der Waals surface area (Å²) in [5.41, 5.74) is 1.75. The van der Waals surface area contributed by atoms with Crippen molar-refractivity contribution in [2.45, 2.75) is 58.3 Å². The number of hydrogen-bond donors (Lipinski definition) is 0. The molecule has 0 aromatic carbocycles. The number of amides is 2. The molecule has 7 nitrogen and oxygen atoms in total. The molecular formula is C18H26N4O3. The van der Waals surface area contributed by atoms with Crippen molar-refractivity contribution < 1.29 is 14.3 Å². The van der Waals surface area contributed by atoms with Gasteiger partial charge in [-0.05, 0) is 19.8 Å². The Labute approximate surface area is 147 Å². The van der Waals surface area contributed by atoms with E-state index in [9.17, 15) is 9.59 Å². The zero-order chi connectivity index (χ0) is 18.1. The van der Waals surface area contributed by atoms with Gasteiger partial charge in [-0.3, -0.25) is 14.3 Å². The van der Waals surface area contributed by atoms with E-state index in [0.29, 0.717) is 37.6 Å². The molecule has 3 saturated heterocycles. The van der Waals surface area contributed by atoms with Gasteiger partial charge in [-0.25, -0.2) is 0 Å². The van der Waals surface area contributed by atoms with E-state index in [4.69, 9.17) is 4.74 Å². The Balaban J connectivity index is 1.68. The molecule has 3 fully saturated rings. The SMILES string of the molecule is Cc1nn(C)c(C(=O)N2CC[C@@]34OC[C@@H](C(C)C)N3C(=O)C[C@@H]24)c1C. The van der Waals surface area contributed by atoms with Crippen molar-refractivity contribution in [1.29, 1.82) is 0 Å². The molecular weight excluding hydrogens is 320 g/mol. The summed E-state index contributed by atoms with van der Waals surface area (Å²) in [7, 11) is 1.80. The molecule has 0 aliphatic carbocycles. The first-order valence-corrected chi connectivity index (χ1v) is 9.05. The lowest BCUT2D eigenvalue weighted by Crippen LogP contribution is -2.51. The van der Waals surface area contributed by atoms with Crippen LogP contribution in [0, 0.1) is 19.8 Å². The van der Waals surface area contributed by atoms with E-state index in [0.717, 1.165) is 11.3 Å². The number of aromatic nitrogens is 2. The molecule has 3 aliphatic rings. The van der Waals surface area contributed by atoms with Gasteiger partial charge in [0.1, 0.15) is 5.69 Å². The summed E-state index contributed by atoms with van der Waals surface area (Å²) in [6.07, 6.45) is 1.04. The molecule has 7 heteroatoms. The van der Waals surface area contributed by atoms with Crippen LogP contribution in [0.1, 0.15) is 48.4 Å². The van der Waals surface area contributed by atoms with Crippen LogP contribution in [0.15, 0.2) is 0 Å². The Morgan fingerprint density at radius 1 is 1.36 bits per heavy atom. The van der Waals surface area contributed by atoms with Gasteiger partial charge in [-0.1, -0.05) is 13.8 Å². The van der Waals surface area contributed by atoms with Crippen molar-refractivity contribution in [2.24, 2.45) is 13.0 Å². The van der Waals surface area contributed by atoms with Gasteiger partial charge < -0.3 is 14.5 Å². The second-order valence-corrected chi connectivity index (χ2v) is 7.88. The Hall–Kier alpha value is -1.89. The zero-order valence-electron chi connectivity index (χ0n) is 15.6. The number of carbonyl (C=O) groups is 2. The van der Waals surface area contributed by atoms with Crippen LogP contribution in [0.2, 0.25) is 0 Å². The lowest BCUT2D eigenvalue weighted by atomic mass is 10.0. The second-order valence-electron chi connectivity index (χ2n) is 7.88. The summed E-state index contributed by atoms with van der Waals surface area (Å²) in [4.78, 5) is 29.7. The number of likely N-dealkylation sites (tertiary alicyclic amines) is 1. The average molecular weight is 346 g/mol. The minimum atomic E-state index is -0.622. The maximum atomic E-state index is 13.2. The van der Waals surface area contributed by atoms with E-state index >= 15 is 0 Å². The first kappa shape index (κ1) is 16.6. The van der Waals surface area contributed by atoms with Crippen molar-refractivity contribution in [3.05, 3.63) is 17.0 Å². The summed E-state index contributed by atoms with van der Waals surface area (Å²) in [5, 5.41) is 4.36.